The molecule has 0 aliphatic heterocycles. The Bertz CT molecular complexity index is 3240. The Kier molecular flexibility index (Phi) is 30.5. The Morgan fingerprint density at radius 3 is 0.420 bits per heavy atom. The molecular formula is C76H60N12. The van der Waals surface area contributed by atoms with Gasteiger partial charge >= 0.3 is 0 Å². The monoisotopic (exact) mass is 1140 g/mol. The molecular weight excluding hydrogens is 1080 g/mol. The predicted molar refractivity (Wildman–Crippen MR) is 366 cm³/mol. The first kappa shape index (κ1) is 66.2. The molecule has 0 aromatic heterocycles. The Balaban J connectivity index is 0.000000201. The molecule has 8 aromatic carbocycles. The Morgan fingerprint density at radius 1 is 0.193 bits per heavy atom. The third-order valence-electron chi connectivity index (χ3n) is 12.7. The fourth-order valence-corrected chi connectivity index (χ4v) is 9.26. The van der Waals surface area contributed by atoms with E-state index in [9.17, 15) is 0 Å². The Morgan fingerprint density at radius 2 is 0.318 bits per heavy atom. The van der Waals surface area contributed by atoms with Gasteiger partial charge in [-0.15, -0.1) is 0 Å². The minimum absolute atomic E-state index is 1.25. The SMILES string of the molecule is C1=C[CH+]C(=C(c2ccccc2)c2ccccc2)C=C1.C1=C[CH+]C(=C(c2ccccc2)c2ccccc2)C=C1.C1=C[CH+]C(=C(c2ccccc2)c2ccccc2)C=C1.C1=C[CH+]C(=C(c2ccccc2)c2ccccc2)C=C1.[N-]=[N+]=[N-].[N-]=[N+]=[N-].[N-]=[N+]=[N-].[N-]=[N+]=[N-]. The smallest absolute Gasteiger partial charge is 0.105 e. The largest absolute Gasteiger partial charge is 0.373 e. The summed E-state index contributed by atoms with van der Waals surface area (Å²) in [7, 11) is 0. The quantitative estimate of drug-likeness (QED) is 0.0598. The van der Waals surface area contributed by atoms with Crippen molar-refractivity contribution < 1.29 is 0 Å². The van der Waals surface area contributed by atoms with Crippen molar-refractivity contribution in [3.05, 3.63) is 496 Å². The molecule has 0 spiro atoms. The molecule has 0 bridgehead atoms. The number of benzene rings is 8. The molecule has 0 saturated heterocycles. The van der Waals surface area contributed by atoms with Crippen molar-refractivity contribution in [2.24, 2.45) is 0 Å². The van der Waals surface area contributed by atoms with Gasteiger partial charge in [-0.2, -0.15) is 0 Å². The van der Waals surface area contributed by atoms with E-state index in [0.29, 0.717) is 0 Å². The molecule has 12 rings (SSSR count). The molecule has 424 valence electrons. The van der Waals surface area contributed by atoms with Crippen LogP contribution in [0.1, 0.15) is 44.5 Å². The minimum atomic E-state index is 1.25. The van der Waals surface area contributed by atoms with Gasteiger partial charge in [0.15, 0.2) is 0 Å². The van der Waals surface area contributed by atoms with Gasteiger partial charge in [0.25, 0.3) is 0 Å². The maximum absolute atomic E-state index is 6.75. The second-order valence-electron chi connectivity index (χ2n) is 18.3. The number of rotatable bonds is 8. The number of nitrogens with zero attached hydrogens (tertiary/aromatic N) is 12. The second-order valence-corrected chi connectivity index (χ2v) is 18.3. The van der Waals surface area contributed by atoms with Gasteiger partial charge in [0.05, 0.1) is 22.3 Å². The molecule has 0 atom stereocenters. The van der Waals surface area contributed by atoms with Crippen LogP contribution < -0.4 is 0 Å². The first-order valence-corrected chi connectivity index (χ1v) is 27.5. The molecule has 0 saturated carbocycles. The van der Waals surface area contributed by atoms with E-state index in [2.05, 4.69) is 366 Å². The molecule has 12 nitrogen and oxygen atoms in total. The van der Waals surface area contributed by atoms with Crippen LogP contribution >= 0.6 is 0 Å². The summed E-state index contributed by atoms with van der Waals surface area (Å²) in [5, 5.41) is 0. The fourth-order valence-electron chi connectivity index (χ4n) is 9.26. The van der Waals surface area contributed by atoms with Crippen molar-refractivity contribution >= 4 is 22.3 Å². The van der Waals surface area contributed by atoms with Crippen molar-refractivity contribution in [3.8, 4) is 0 Å². The summed E-state index contributed by atoms with van der Waals surface area (Å²) < 4.78 is 0. The van der Waals surface area contributed by atoms with Gasteiger partial charge in [-0.3, -0.25) is 19.6 Å². The number of allylic oxidation sites excluding steroid dienone is 20. The van der Waals surface area contributed by atoms with Crippen LogP contribution in [0.4, 0.5) is 0 Å². The van der Waals surface area contributed by atoms with Gasteiger partial charge in [-0.25, -0.2) is 0 Å². The molecule has 0 fully saturated rings. The van der Waals surface area contributed by atoms with Crippen LogP contribution in [0.3, 0.4) is 0 Å². The van der Waals surface area contributed by atoms with Crippen LogP contribution in [-0.4, -0.2) is 0 Å². The molecule has 0 amide bonds. The van der Waals surface area contributed by atoms with Crippen LogP contribution in [0, 0.1) is 25.7 Å². The topological polar surface area (TPSA) is 235 Å². The molecule has 0 unspecified atom stereocenters. The van der Waals surface area contributed by atoms with E-state index in [1.165, 1.54) is 109 Å². The molecule has 88 heavy (non-hydrogen) atoms. The highest BCUT2D eigenvalue weighted by atomic mass is 15.0. The van der Waals surface area contributed by atoms with E-state index in [1.54, 1.807) is 0 Å². The Labute approximate surface area is 515 Å². The van der Waals surface area contributed by atoms with Crippen molar-refractivity contribution in [1.82, 2.24) is 0 Å². The van der Waals surface area contributed by atoms with Gasteiger partial charge in [-0.1, -0.05) is 146 Å². The van der Waals surface area contributed by atoms with Crippen molar-refractivity contribution in [2.75, 3.05) is 0 Å². The first-order valence-electron chi connectivity index (χ1n) is 27.5. The van der Waals surface area contributed by atoms with Crippen LogP contribution in [-0.2, 0) is 0 Å². The molecule has 0 N–H and O–H groups in total. The highest BCUT2D eigenvalue weighted by Gasteiger charge is 2.20. The van der Waals surface area contributed by atoms with Crippen LogP contribution in [0.5, 0.6) is 0 Å². The van der Waals surface area contributed by atoms with Gasteiger partial charge in [0.1, 0.15) is 22.3 Å². The number of hydrogen-bond donors (Lipinski definition) is 0. The van der Waals surface area contributed by atoms with Crippen molar-refractivity contribution in [3.63, 3.8) is 0 Å². The highest BCUT2D eigenvalue weighted by molar-refractivity contribution is 5.88. The number of hydrogen-bond acceptors (Lipinski definition) is 0. The molecule has 0 heterocycles. The van der Waals surface area contributed by atoms with Crippen LogP contribution in [0.25, 0.3) is 86.2 Å². The normalized spacial score (nSPS) is 11.7. The van der Waals surface area contributed by atoms with Gasteiger partial charge in [0.2, 0.25) is 0 Å². The van der Waals surface area contributed by atoms with Gasteiger partial charge in [0, 0.05) is 167 Å². The highest BCUT2D eigenvalue weighted by Crippen LogP contribution is 2.34. The zero-order valence-electron chi connectivity index (χ0n) is 48.0. The molecule has 0 radical (unpaired) electrons. The molecule has 4 aliphatic rings. The van der Waals surface area contributed by atoms with E-state index < -0.39 is 0 Å². The zero-order valence-corrected chi connectivity index (χ0v) is 48.0. The third kappa shape index (κ3) is 22.3. The third-order valence-corrected chi connectivity index (χ3v) is 12.7. The van der Waals surface area contributed by atoms with Gasteiger partial charge < -0.3 is 44.2 Å². The van der Waals surface area contributed by atoms with E-state index in [0.717, 1.165) is 0 Å². The first-order chi connectivity index (χ1) is 43.5. The minimum Gasteiger partial charge on any atom is -0.373 e. The van der Waals surface area contributed by atoms with Crippen molar-refractivity contribution in [1.29, 1.82) is 0 Å². The van der Waals surface area contributed by atoms with Crippen LogP contribution in [0.2, 0.25) is 0 Å². The van der Waals surface area contributed by atoms with E-state index in [-0.39, 0.29) is 0 Å². The van der Waals surface area contributed by atoms with E-state index >= 15 is 0 Å². The molecule has 12 heteroatoms. The lowest BCUT2D eigenvalue weighted by atomic mass is 9.90. The summed E-state index contributed by atoms with van der Waals surface area (Å²) in [6.07, 6.45) is 42.2. The average molecular weight is 1140 g/mol. The molecule has 8 aromatic rings. The summed E-state index contributed by atoms with van der Waals surface area (Å²) in [5.74, 6) is 0. The summed E-state index contributed by atoms with van der Waals surface area (Å²) in [6, 6.07) is 84.4. The second kappa shape index (κ2) is 40.5. The average Bonchev–Trinajstić information content (AvgIpc) is 3.59. The molecule has 4 aliphatic carbocycles. The summed E-state index contributed by atoms with van der Waals surface area (Å²) in [6.45, 7) is 0. The Hall–Kier alpha value is -12.6. The summed E-state index contributed by atoms with van der Waals surface area (Å²) in [4.78, 5) is 6.00. The zero-order chi connectivity index (χ0) is 62.5. The lowest BCUT2D eigenvalue weighted by Gasteiger charge is -2.08. The summed E-state index contributed by atoms with van der Waals surface area (Å²) >= 11 is 0. The van der Waals surface area contributed by atoms with Crippen LogP contribution in [0.15, 0.2) is 362 Å². The maximum atomic E-state index is 6.75. The van der Waals surface area contributed by atoms with E-state index in [4.69, 9.17) is 44.2 Å². The summed E-state index contributed by atoms with van der Waals surface area (Å²) in [5.41, 5.74) is 74.1. The lowest BCUT2D eigenvalue weighted by molar-refractivity contribution is 1.46. The maximum Gasteiger partial charge on any atom is 0.105 e. The standard InChI is InChI=1S/4C19H15.4N3/c4*1-4-10-16(11-5-1)19(17-12-6-2-7-13-17)18-14-8-3-9-15-18;4*1-3-2/h4*1-15H;;;;/q4*+1;4*-1. The predicted octanol–water partition coefficient (Wildman–Crippen LogP) is 22.7. The van der Waals surface area contributed by atoms with Crippen molar-refractivity contribution in [2.45, 2.75) is 0 Å². The van der Waals surface area contributed by atoms with Gasteiger partial charge in [-0.05, 0) is 97.1 Å². The fraction of sp³-hybridized carbons (Fsp3) is 0. The van der Waals surface area contributed by atoms with E-state index in [1.807, 2.05) is 0 Å². The lowest BCUT2D eigenvalue weighted by Crippen LogP contribution is -1.94.